The molecule has 0 aliphatic carbocycles. The molecule has 8 nitrogen and oxygen atoms in total. The minimum atomic E-state index is -0.967. The molecule has 0 bridgehead atoms. The van der Waals surface area contributed by atoms with Gasteiger partial charge in [-0.15, -0.1) is 0 Å². The fourth-order valence-electron chi connectivity index (χ4n) is 5.68. The largest absolute Gasteiger partial charge is 0.490 e. The van der Waals surface area contributed by atoms with E-state index in [1.165, 1.54) is 6.07 Å². The molecule has 1 aliphatic heterocycles. The molecule has 198 valence electrons. The van der Waals surface area contributed by atoms with Gasteiger partial charge in [-0.05, 0) is 80.1 Å². The van der Waals surface area contributed by atoms with Gasteiger partial charge in [0.05, 0.1) is 18.7 Å². The van der Waals surface area contributed by atoms with Crippen LogP contribution in [0.5, 0.6) is 5.75 Å². The van der Waals surface area contributed by atoms with Crippen LogP contribution < -0.4 is 4.74 Å². The van der Waals surface area contributed by atoms with Gasteiger partial charge in [-0.3, -0.25) is 9.36 Å². The molecule has 9 heteroatoms. The second-order valence-electron chi connectivity index (χ2n) is 9.98. The Morgan fingerprint density at radius 2 is 1.97 bits per heavy atom. The number of halogens is 1. The van der Waals surface area contributed by atoms with Crippen LogP contribution in [0.3, 0.4) is 0 Å². The molecule has 5 heterocycles. The zero-order valence-corrected chi connectivity index (χ0v) is 22.2. The highest BCUT2D eigenvalue weighted by Gasteiger charge is 2.26. The van der Waals surface area contributed by atoms with E-state index in [1.54, 1.807) is 12.4 Å². The first kappa shape index (κ1) is 24.8. The highest BCUT2D eigenvalue weighted by molar-refractivity contribution is 6.00. The number of aliphatic carboxylic acids is 1. The second kappa shape index (κ2) is 9.34. The van der Waals surface area contributed by atoms with E-state index in [-0.39, 0.29) is 6.42 Å². The number of carbonyl (C=O) groups is 1. The fraction of sp³-hybridized carbons (Fsp3) is 0.267. The van der Waals surface area contributed by atoms with Crippen molar-refractivity contribution in [1.82, 2.24) is 24.1 Å². The number of imidazole rings is 1. The van der Waals surface area contributed by atoms with Gasteiger partial charge in [0.2, 0.25) is 0 Å². The average molecular weight is 526 g/mol. The highest BCUT2D eigenvalue weighted by Crippen LogP contribution is 2.43. The lowest BCUT2D eigenvalue weighted by Crippen LogP contribution is -2.13. The number of ether oxygens (including phenoxy) is 1. The monoisotopic (exact) mass is 525 g/mol. The maximum Gasteiger partial charge on any atom is 0.307 e. The molecule has 0 fully saturated rings. The summed E-state index contributed by atoms with van der Waals surface area (Å²) >= 11 is 0. The molecule has 0 saturated carbocycles. The van der Waals surface area contributed by atoms with E-state index in [9.17, 15) is 9.90 Å². The predicted molar refractivity (Wildman–Crippen MR) is 146 cm³/mol. The Hall–Kier alpha value is -4.53. The number of aryl methyl sites for hydroxylation is 3. The third kappa shape index (κ3) is 4.05. The van der Waals surface area contributed by atoms with Crippen LogP contribution in [0.2, 0.25) is 0 Å². The summed E-state index contributed by atoms with van der Waals surface area (Å²) in [6, 6.07) is 7.40. The molecule has 0 spiro atoms. The molecule has 1 aromatic carbocycles. The van der Waals surface area contributed by atoms with Gasteiger partial charge in [-0.2, -0.15) is 0 Å². The summed E-state index contributed by atoms with van der Waals surface area (Å²) in [5.41, 5.74) is 6.78. The predicted octanol–water partition coefficient (Wildman–Crippen LogP) is 5.50. The Bertz CT molecular complexity index is 1790. The van der Waals surface area contributed by atoms with Gasteiger partial charge in [0.15, 0.2) is 11.6 Å². The minimum absolute atomic E-state index is 0.220. The third-order valence-corrected chi connectivity index (χ3v) is 7.63. The summed E-state index contributed by atoms with van der Waals surface area (Å²) in [6.45, 7) is 6.17. The quantitative estimate of drug-likeness (QED) is 0.325. The molecule has 1 aliphatic rings. The third-order valence-electron chi connectivity index (χ3n) is 7.63. The van der Waals surface area contributed by atoms with Crippen LogP contribution in [0.15, 0.2) is 42.9 Å². The first-order valence-electron chi connectivity index (χ1n) is 12.9. The molecule has 5 aromatic rings. The molecule has 0 radical (unpaired) electrons. The minimum Gasteiger partial charge on any atom is -0.490 e. The van der Waals surface area contributed by atoms with E-state index >= 15 is 4.39 Å². The normalized spacial score (nSPS) is 12.9. The number of fused-ring (bicyclic) bond motifs is 2. The lowest BCUT2D eigenvalue weighted by atomic mass is 9.87. The van der Waals surface area contributed by atoms with Gasteiger partial charge >= 0.3 is 5.97 Å². The summed E-state index contributed by atoms with van der Waals surface area (Å²) in [5.74, 6) is 0.460. The Morgan fingerprint density at radius 1 is 1.15 bits per heavy atom. The van der Waals surface area contributed by atoms with Crippen molar-refractivity contribution in [2.75, 3.05) is 6.61 Å². The molecular formula is C30H28FN5O3. The Balaban J connectivity index is 1.63. The zero-order chi connectivity index (χ0) is 27.4. The lowest BCUT2D eigenvalue weighted by Gasteiger charge is -2.23. The molecule has 39 heavy (non-hydrogen) atoms. The fourth-order valence-corrected chi connectivity index (χ4v) is 5.68. The summed E-state index contributed by atoms with van der Waals surface area (Å²) in [5, 5.41) is 10.6. The van der Waals surface area contributed by atoms with Crippen molar-refractivity contribution >= 4 is 17.0 Å². The van der Waals surface area contributed by atoms with Gasteiger partial charge in [0, 0.05) is 47.8 Å². The lowest BCUT2D eigenvalue weighted by molar-refractivity contribution is -0.136. The van der Waals surface area contributed by atoms with E-state index in [1.807, 2.05) is 61.3 Å². The smallest absolute Gasteiger partial charge is 0.307 e. The number of hydrogen-bond donors (Lipinski definition) is 1. The average Bonchev–Trinajstić information content (AvgIpc) is 3.49. The number of hydrogen-bond acceptors (Lipinski definition) is 5. The van der Waals surface area contributed by atoms with Crippen LogP contribution in [0.1, 0.15) is 34.6 Å². The van der Waals surface area contributed by atoms with E-state index in [4.69, 9.17) is 9.72 Å². The van der Waals surface area contributed by atoms with E-state index in [0.29, 0.717) is 46.8 Å². The molecule has 0 amide bonds. The Labute approximate surface area is 224 Å². The Morgan fingerprint density at radius 3 is 2.72 bits per heavy atom. The van der Waals surface area contributed by atoms with Crippen molar-refractivity contribution in [2.24, 2.45) is 7.05 Å². The molecule has 1 N–H and O–H groups in total. The second-order valence-corrected chi connectivity index (χ2v) is 9.98. The number of nitrogens with zero attached hydrogens (tertiary/aromatic N) is 5. The number of carboxylic acids is 1. The first-order valence-corrected chi connectivity index (χ1v) is 12.9. The number of rotatable bonds is 5. The van der Waals surface area contributed by atoms with Crippen LogP contribution in [-0.4, -0.2) is 41.8 Å². The van der Waals surface area contributed by atoms with Gasteiger partial charge < -0.3 is 14.4 Å². The molecular weight excluding hydrogens is 497 g/mol. The SMILES string of the molecule is Cc1nc2c(cc(-c3ccnc(-n4ccnc4C)c3)n2C)c(-c2cc(F)c3c(c2C)CCCO3)c1CC(=O)O. The molecule has 0 atom stereocenters. The molecule has 0 saturated heterocycles. The van der Waals surface area contributed by atoms with Gasteiger partial charge in [0.1, 0.15) is 17.3 Å². The summed E-state index contributed by atoms with van der Waals surface area (Å²) in [4.78, 5) is 25.6. The van der Waals surface area contributed by atoms with Crippen LogP contribution in [0.4, 0.5) is 4.39 Å². The van der Waals surface area contributed by atoms with Crippen LogP contribution in [-0.2, 0) is 24.7 Å². The highest BCUT2D eigenvalue weighted by atomic mass is 19.1. The van der Waals surface area contributed by atoms with Crippen molar-refractivity contribution < 1.29 is 19.0 Å². The van der Waals surface area contributed by atoms with Crippen molar-refractivity contribution in [1.29, 1.82) is 0 Å². The summed E-state index contributed by atoms with van der Waals surface area (Å²) < 4.78 is 24.9. The topological polar surface area (TPSA) is 95.1 Å². The first-order chi connectivity index (χ1) is 18.7. The van der Waals surface area contributed by atoms with Gasteiger partial charge in [-0.1, -0.05) is 0 Å². The van der Waals surface area contributed by atoms with Crippen molar-refractivity contribution in [2.45, 2.75) is 40.0 Å². The van der Waals surface area contributed by atoms with Gasteiger partial charge in [-0.25, -0.2) is 19.3 Å². The molecule has 0 unspecified atom stereocenters. The molecule has 4 aromatic heterocycles. The maximum atomic E-state index is 15.4. The van der Waals surface area contributed by atoms with Crippen LogP contribution in [0.25, 0.3) is 39.2 Å². The van der Waals surface area contributed by atoms with Gasteiger partial charge in [0.25, 0.3) is 0 Å². The number of pyridine rings is 2. The van der Waals surface area contributed by atoms with E-state index in [0.717, 1.165) is 45.8 Å². The van der Waals surface area contributed by atoms with Crippen molar-refractivity contribution in [3.05, 3.63) is 76.9 Å². The van der Waals surface area contributed by atoms with E-state index in [2.05, 4.69) is 9.97 Å². The van der Waals surface area contributed by atoms with Crippen molar-refractivity contribution in [3.8, 4) is 34.0 Å². The number of aromatic nitrogens is 5. The molecule has 6 rings (SSSR count). The summed E-state index contributed by atoms with van der Waals surface area (Å²) in [6.07, 6.45) is 6.64. The van der Waals surface area contributed by atoms with Crippen LogP contribution in [0, 0.1) is 26.6 Å². The number of benzene rings is 1. The zero-order valence-electron chi connectivity index (χ0n) is 22.2. The Kier molecular flexibility index (Phi) is 5.94. The van der Waals surface area contributed by atoms with Crippen molar-refractivity contribution in [3.63, 3.8) is 0 Å². The standard InChI is InChI=1S/C30H28FN5O3/c1-16-20-6-5-11-39-29(20)24(31)13-21(16)28-22(15-27(37)38)17(2)34-30-23(28)14-25(35(30)4)19-7-8-33-26(12-19)36-10-9-32-18(36)3/h7-10,12-14H,5-6,11,15H2,1-4H3,(H,37,38). The van der Waals surface area contributed by atoms with Crippen LogP contribution >= 0.6 is 0 Å². The maximum absolute atomic E-state index is 15.4. The van der Waals surface area contributed by atoms with E-state index < -0.39 is 11.8 Å². The summed E-state index contributed by atoms with van der Waals surface area (Å²) in [7, 11) is 1.93. The number of carboxylic acid groups (broad SMARTS) is 1.